The van der Waals surface area contributed by atoms with Crippen LogP contribution >= 0.6 is 0 Å². The summed E-state index contributed by atoms with van der Waals surface area (Å²) in [4.78, 5) is 11.0. The van der Waals surface area contributed by atoms with Gasteiger partial charge in [-0.05, 0) is 12.1 Å². The lowest BCUT2D eigenvalue weighted by Crippen LogP contribution is -2.31. The van der Waals surface area contributed by atoms with Crippen LogP contribution in [0.5, 0.6) is 0 Å². The summed E-state index contributed by atoms with van der Waals surface area (Å²) in [6.45, 7) is 1.25. The molecule has 5 nitrogen and oxygen atoms in total. The predicted molar refractivity (Wildman–Crippen MR) is 50.4 cm³/mol. The first-order valence-corrected chi connectivity index (χ1v) is 4.40. The first kappa shape index (κ1) is 10.7. The summed E-state index contributed by atoms with van der Waals surface area (Å²) in [5.41, 5.74) is 5.21. The third-order valence-electron chi connectivity index (χ3n) is 1.52. The van der Waals surface area contributed by atoms with Crippen molar-refractivity contribution in [3.63, 3.8) is 0 Å². The number of carbonyl (C=O) groups is 1. The fourth-order valence-electron chi connectivity index (χ4n) is 0.902. The normalized spacial score (nSPS) is 10.1. The van der Waals surface area contributed by atoms with E-state index >= 15 is 0 Å². The van der Waals surface area contributed by atoms with Gasteiger partial charge < -0.3 is 20.2 Å². The summed E-state index contributed by atoms with van der Waals surface area (Å²) in [5.74, 6) is 0.540. The fraction of sp³-hybridized carbons (Fsp3) is 0.444. The minimum atomic E-state index is -0.165. The molecular formula is C9H14N2O3. The molecule has 0 aliphatic rings. The smallest absolute Gasteiger partial charge is 0.246 e. The Morgan fingerprint density at radius 3 is 3.14 bits per heavy atom. The molecule has 0 unspecified atom stereocenters. The topological polar surface area (TPSA) is 77.5 Å². The molecule has 0 spiro atoms. The number of nitrogens with one attached hydrogen (secondary N) is 1. The zero-order chi connectivity index (χ0) is 10.2. The highest BCUT2D eigenvalue weighted by Gasteiger charge is 2.01. The summed E-state index contributed by atoms with van der Waals surface area (Å²) in [6, 6.07) is 3.56. The lowest BCUT2D eigenvalue weighted by molar-refractivity contribution is -0.126. The van der Waals surface area contributed by atoms with Gasteiger partial charge in [-0.15, -0.1) is 0 Å². The Labute approximate surface area is 82.2 Å². The van der Waals surface area contributed by atoms with Crippen LogP contribution in [0.1, 0.15) is 5.76 Å². The van der Waals surface area contributed by atoms with Crippen molar-refractivity contribution in [2.75, 3.05) is 19.7 Å². The largest absolute Gasteiger partial charge is 0.467 e. The van der Waals surface area contributed by atoms with Crippen molar-refractivity contribution >= 4 is 5.91 Å². The zero-order valence-corrected chi connectivity index (χ0v) is 7.86. The molecule has 0 bridgehead atoms. The van der Waals surface area contributed by atoms with E-state index in [1.807, 2.05) is 0 Å². The van der Waals surface area contributed by atoms with E-state index in [4.69, 9.17) is 14.9 Å². The molecule has 5 heteroatoms. The van der Waals surface area contributed by atoms with E-state index in [2.05, 4.69) is 5.32 Å². The second-order valence-corrected chi connectivity index (χ2v) is 2.71. The van der Waals surface area contributed by atoms with Crippen LogP contribution in [0.25, 0.3) is 0 Å². The Morgan fingerprint density at radius 1 is 1.64 bits per heavy atom. The van der Waals surface area contributed by atoms with E-state index in [-0.39, 0.29) is 12.5 Å². The molecule has 0 aromatic carbocycles. The van der Waals surface area contributed by atoms with E-state index in [1.54, 1.807) is 18.4 Å². The highest BCUT2D eigenvalue weighted by Crippen LogP contribution is 2.00. The summed E-state index contributed by atoms with van der Waals surface area (Å²) in [7, 11) is 0. The molecule has 0 aliphatic carbocycles. The zero-order valence-electron chi connectivity index (χ0n) is 7.86. The van der Waals surface area contributed by atoms with E-state index in [1.165, 1.54) is 0 Å². The number of amides is 1. The predicted octanol–water partition coefficient (Wildman–Crippen LogP) is -0.129. The molecule has 0 radical (unpaired) electrons. The Kier molecular flexibility index (Phi) is 4.74. The van der Waals surface area contributed by atoms with Gasteiger partial charge in [-0.25, -0.2) is 0 Å². The third-order valence-corrected chi connectivity index (χ3v) is 1.52. The lowest BCUT2D eigenvalue weighted by atomic mass is 10.5. The van der Waals surface area contributed by atoms with Gasteiger partial charge in [0, 0.05) is 13.1 Å². The second-order valence-electron chi connectivity index (χ2n) is 2.71. The SMILES string of the molecule is NCCNC(=O)COCc1ccco1. The van der Waals surface area contributed by atoms with Gasteiger partial charge in [0.05, 0.1) is 6.26 Å². The van der Waals surface area contributed by atoms with Gasteiger partial charge in [-0.1, -0.05) is 0 Å². The molecule has 0 fully saturated rings. The van der Waals surface area contributed by atoms with Crippen LogP contribution in [-0.4, -0.2) is 25.6 Å². The number of furan rings is 1. The minimum absolute atomic E-state index is 0.0285. The van der Waals surface area contributed by atoms with Crippen molar-refractivity contribution in [1.29, 1.82) is 0 Å². The average molecular weight is 198 g/mol. The van der Waals surface area contributed by atoms with Crippen LogP contribution in [0.2, 0.25) is 0 Å². The highest BCUT2D eigenvalue weighted by atomic mass is 16.5. The molecule has 0 aliphatic heterocycles. The maximum atomic E-state index is 11.0. The molecule has 1 amide bonds. The van der Waals surface area contributed by atoms with Crippen LogP contribution in [-0.2, 0) is 16.1 Å². The van der Waals surface area contributed by atoms with Gasteiger partial charge in [0.1, 0.15) is 19.0 Å². The number of carbonyl (C=O) groups excluding carboxylic acids is 1. The summed E-state index contributed by atoms with van der Waals surface area (Å²) < 4.78 is 10.1. The maximum Gasteiger partial charge on any atom is 0.246 e. The van der Waals surface area contributed by atoms with Gasteiger partial charge in [0.2, 0.25) is 5.91 Å². The van der Waals surface area contributed by atoms with Crippen molar-refractivity contribution < 1.29 is 13.9 Å². The summed E-state index contributed by atoms with van der Waals surface area (Å²) in [6.07, 6.45) is 1.56. The van der Waals surface area contributed by atoms with Crippen molar-refractivity contribution in [1.82, 2.24) is 5.32 Å². The summed E-state index contributed by atoms with van der Waals surface area (Å²) >= 11 is 0. The number of hydrogen-bond acceptors (Lipinski definition) is 4. The monoisotopic (exact) mass is 198 g/mol. The van der Waals surface area contributed by atoms with Gasteiger partial charge in [0.15, 0.2) is 0 Å². The molecule has 0 atom stereocenters. The molecule has 1 rings (SSSR count). The first-order chi connectivity index (χ1) is 6.83. The van der Waals surface area contributed by atoms with Crippen molar-refractivity contribution in [3.05, 3.63) is 24.2 Å². The van der Waals surface area contributed by atoms with Gasteiger partial charge in [0.25, 0.3) is 0 Å². The van der Waals surface area contributed by atoms with E-state index < -0.39 is 0 Å². The van der Waals surface area contributed by atoms with E-state index in [0.29, 0.717) is 25.5 Å². The van der Waals surface area contributed by atoms with Gasteiger partial charge in [-0.2, -0.15) is 0 Å². The Bertz CT molecular complexity index is 259. The van der Waals surface area contributed by atoms with Gasteiger partial charge >= 0.3 is 0 Å². The van der Waals surface area contributed by atoms with E-state index in [9.17, 15) is 4.79 Å². The molecule has 1 heterocycles. The van der Waals surface area contributed by atoms with Crippen LogP contribution in [0, 0.1) is 0 Å². The molecule has 0 saturated heterocycles. The summed E-state index contributed by atoms with van der Waals surface area (Å²) in [5, 5.41) is 2.59. The molecular weight excluding hydrogens is 184 g/mol. The number of ether oxygens (including phenoxy) is 1. The number of rotatable bonds is 6. The maximum absolute atomic E-state index is 11.0. The number of nitrogens with two attached hydrogens (primary N) is 1. The van der Waals surface area contributed by atoms with E-state index in [0.717, 1.165) is 0 Å². The van der Waals surface area contributed by atoms with Crippen LogP contribution in [0.15, 0.2) is 22.8 Å². The van der Waals surface area contributed by atoms with Gasteiger partial charge in [-0.3, -0.25) is 4.79 Å². The standard InChI is InChI=1S/C9H14N2O3/c10-3-4-11-9(12)7-13-6-8-2-1-5-14-8/h1-2,5H,3-4,6-7,10H2,(H,11,12). The number of hydrogen-bond donors (Lipinski definition) is 2. The molecule has 0 saturated carbocycles. The molecule has 78 valence electrons. The molecule has 3 N–H and O–H groups in total. The Balaban J connectivity index is 2.06. The van der Waals surface area contributed by atoms with Crippen molar-refractivity contribution in [2.45, 2.75) is 6.61 Å². The molecule has 14 heavy (non-hydrogen) atoms. The van der Waals surface area contributed by atoms with Crippen molar-refractivity contribution in [2.24, 2.45) is 5.73 Å². The minimum Gasteiger partial charge on any atom is -0.467 e. The van der Waals surface area contributed by atoms with Crippen LogP contribution in [0.3, 0.4) is 0 Å². The lowest BCUT2D eigenvalue weighted by Gasteiger charge is -2.03. The molecule has 1 aromatic heterocycles. The average Bonchev–Trinajstić information content (AvgIpc) is 2.67. The fourth-order valence-corrected chi connectivity index (χ4v) is 0.902. The second kappa shape index (κ2) is 6.17. The van der Waals surface area contributed by atoms with Crippen LogP contribution in [0.4, 0.5) is 0 Å². The first-order valence-electron chi connectivity index (χ1n) is 4.40. The highest BCUT2D eigenvalue weighted by molar-refractivity contribution is 5.77. The Hall–Kier alpha value is -1.33. The third kappa shape index (κ3) is 4.06. The Morgan fingerprint density at radius 2 is 2.50 bits per heavy atom. The molecule has 1 aromatic rings. The van der Waals surface area contributed by atoms with Crippen molar-refractivity contribution in [3.8, 4) is 0 Å². The quantitative estimate of drug-likeness (QED) is 0.667. The van der Waals surface area contributed by atoms with Crippen LogP contribution < -0.4 is 11.1 Å².